The number of nitrogens with zero attached hydrogens (tertiary/aromatic N) is 4. The van der Waals surface area contributed by atoms with Crippen LogP contribution in [0.3, 0.4) is 0 Å². The van der Waals surface area contributed by atoms with Gasteiger partial charge in [-0.3, -0.25) is 9.52 Å². The van der Waals surface area contributed by atoms with Gasteiger partial charge in [0.15, 0.2) is 0 Å². The SMILES string of the molecule is O=C(NC12CC(C(F)(F)F)(C1)C2)c1ccc(C(F)(F)F)cc1NS(=O)(=O)c1ccc(-n2cnnn2)cc1. The Morgan fingerprint density at radius 3 is 2.16 bits per heavy atom. The van der Waals surface area contributed by atoms with Gasteiger partial charge in [0, 0.05) is 5.54 Å². The van der Waals surface area contributed by atoms with Crippen LogP contribution in [0.2, 0.25) is 0 Å². The smallest absolute Gasteiger partial charge is 0.346 e. The molecule has 2 aromatic carbocycles. The summed E-state index contributed by atoms with van der Waals surface area (Å²) in [4.78, 5) is 12.5. The molecule has 0 saturated heterocycles. The van der Waals surface area contributed by atoms with E-state index in [1.165, 1.54) is 23.1 Å². The lowest BCUT2D eigenvalue weighted by molar-refractivity contribution is -0.336. The van der Waals surface area contributed by atoms with Gasteiger partial charge in [-0.05, 0) is 72.2 Å². The molecule has 0 aliphatic heterocycles. The van der Waals surface area contributed by atoms with Crippen LogP contribution >= 0.6 is 0 Å². The molecular weight excluding hydrogens is 530 g/mol. The number of alkyl halides is 6. The minimum atomic E-state index is -4.85. The second-order valence-electron chi connectivity index (χ2n) is 9.15. The highest BCUT2D eigenvalue weighted by molar-refractivity contribution is 7.92. The van der Waals surface area contributed by atoms with E-state index in [0.717, 1.165) is 18.2 Å². The molecule has 2 N–H and O–H groups in total. The van der Waals surface area contributed by atoms with Gasteiger partial charge in [0.05, 0.1) is 32.8 Å². The van der Waals surface area contributed by atoms with E-state index in [-0.39, 0.29) is 24.2 Å². The van der Waals surface area contributed by atoms with Crippen LogP contribution in [0.25, 0.3) is 5.69 Å². The number of sulfonamides is 1. The largest absolute Gasteiger partial charge is 0.416 e. The maximum atomic E-state index is 13.3. The Bertz CT molecular complexity index is 1450. The number of benzene rings is 2. The molecule has 3 fully saturated rings. The summed E-state index contributed by atoms with van der Waals surface area (Å²) in [5, 5.41) is 13.0. The summed E-state index contributed by atoms with van der Waals surface area (Å²) in [5.41, 5.74) is -4.95. The van der Waals surface area contributed by atoms with Crippen LogP contribution in [0.5, 0.6) is 0 Å². The van der Waals surface area contributed by atoms with Crippen molar-refractivity contribution in [3.63, 3.8) is 0 Å². The minimum absolute atomic E-state index is 0.334. The normalized spacial score (nSPS) is 23.1. The molecule has 1 amide bonds. The predicted octanol–water partition coefficient (Wildman–Crippen LogP) is 3.70. The molecule has 3 aliphatic rings. The predicted molar refractivity (Wildman–Crippen MR) is 114 cm³/mol. The fraction of sp³-hybridized carbons (Fsp3) is 0.333. The van der Waals surface area contributed by atoms with E-state index in [0.29, 0.717) is 17.8 Å². The number of hydrogen-bond donors (Lipinski definition) is 2. The molecule has 1 aromatic heterocycles. The first kappa shape index (κ1) is 25.0. The van der Waals surface area contributed by atoms with Gasteiger partial charge in [-0.1, -0.05) is 0 Å². The Morgan fingerprint density at radius 2 is 1.62 bits per heavy atom. The van der Waals surface area contributed by atoms with E-state index in [1.807, 2.05) is 4.72 Å². The summed E-state index contributed by atoms with van der Waals surface area (Å²) in [5.74, 6) is -0.990. The molecule has 196 valence electrons. The van der Waals surface area contributed by atoms with Gasteiger partial charge in [-0.2, -0.15) is 26.3 Å². The van der Waals surface area contributed by atoms with Gasteiger partial charge in [0.2, 0.25) is 0 Å². The first-order chi connectivity index (χ1) is 17.1. The van der Waals surface area contributed by atoms with Gasteiger partial charge in [0.1, 0.15) is 6.33 Å². The summed E-state index contributed by atoms with van der Waals surface area (Å²) >= 11 is 0. The van der Waals surface area contributed by atoms with Gasteiger partial charge in [0.25, 0.3) is 15.9 Å². The Kier molecular flexibility index (Phi) is 5.34. The van der Waals surface area contributed by atoms with Crippen LogP contribution in [0.1, 0.15) is 35.2 Å². The zero-order valence-corrected chi connectivity index (χ0v) is 19.2. The molecule has 9 nitrogen and oxygen atoms in total. The molecule has 16 heteroatoms. The van der Waals surface area contributed by atoms with E-state index in [1.54, 1.807) is 0 Å². The highest BCUT2D eigenvalue weighted by atomic mass is 32.2. The van der Waals surface area contributed by atoms with E-state index in [4.69, 9.17) is 0 Å². The molecule has 0 unspecified atom stereocenters. The third kappa shape index (κ3) is 4.28. The van der Waals surface area contributed by atoms with Gasteiger partial charge in [-0.15, -0.1) is 5.10 Å². The number of amides is 1. The Balaban J connectivity index is 1.41. The first-order valence-electron chi connectivity index (χ1n) is 10.6. The molecule has 1 heterocycles. The monoisotopic (exact) mass is 546 g/mol. The molecule has 2 bridgehead atoms. The van der Waals surface area contributed by atoms with Crippen molar-refractivity contribution in [3.05, 3.63) is 59.9 Å². The zero-order chi connectivity index (χ0) is 26.9. The highest BCUT2D eigenvalue weighted by Gasteiger charge is 2.79. The van der Waals surface area contributed by atoms with E-state index < -0.39 is 56.1 Å². The molecule has 6 rings (SSSR count). The van der Waals surface area contributed by atoms with Crippen molar-refractivity contribution in [1.82, 2.24) is 25.5 Å². The third-order valence-corrected chi connectivity index (χ3v) is 7.99. The van der Waals surface area contributed by atoms with E-state index in [9.17, 15) is 39.6 Å². The molecule has 0 spiro atoms. The van der Waals surface area contributed by atoms with E-state index in [2.05, 4.69) is 20.8 Å². The number of aromatic nitrogens is 4. The second kappa shape index (κ2) is 7.90. The van der Waals surface area contributed by atoms with Crippen molar-refractivity contribution < 1.29 is 39.6 Å². The van der Waals surface area contributed by atoms with Crippen molar-refractivity contribution in [1.29, 1.82) is 0 Å². The Labute approximate surface area is 204 Å². The maximum Gasteiger partial charge on any atom is 0.416 e. The fourth-order valence-corrected chi connectivity index (χ4v) is 5.86. The molecule has 3 saturated carbocycles. The lowest BCUT2D eigenvalue weighted by Crippen LogP contribution is -2.78. The van der Waals surface area contributed by atoms with E-state index >= 15 is 0 Å². The number of nitrogens with one attached hydrogen (secondary N) is 2. The van der Waals surface area contributed by atoms with Gasteiger partial charge < -0.3 is 5.32 Å². The summed E-state index contributed by atoms with van der Waals surface area (Å²) in [6, 6.07) is 6.85. The van der Waals surface area contributed by atoms with Crippen molar-refractivity contribution in [3.8, 4) is 5.69 Å². The van der Waals surface area contributed by atoms with Crippen molar-refractivity contribution in [2.24, 2.45) is 5.41 Å². The van der Waals surface area contributed by atoms with Crippen LogP contribution in [-0.2, 0) is 16.2 Å². The second-order valence-corrected chi connectivity index (χ2v) is 10.8. The Morgan fingerprint density at radius 1 is 0.973 bits per heavy atom. The molecule has 0 radical (unpaired) electrons. The van der Waals surface area contributed by atoms with Crippen molar-refractivity contribution >= 4 is 21.6 Å². The summed E-state index contributed by atoms with van der Waals surface area (Å²) in [7, 11) is -4.48. The number of hydrogen-bond acceptors (Lipinski definition) is 6. The lowest BCUT2D eigenvalue weighted by Gasteiger charge is -2.70. The molecule has 37 heavy (non-hydrogen) atoms. The summed E-state index contributed by atoms with van der Waals surface area (Å²) in [6.07, 6.45) is -9.04. The van der Waals surface area contributed by atoms with Crippen molar-refractivity contribution in [2.45, 2.75) is 42.0 Å². The average molecular weight is 546 g/mol. The van der Waals surface area contributed by atoms with Crippen LogP contribution < -0.4 is 10.0 Å². The van der Waals surface area contributed by atoms with Crippen molar-refractivity contribution in [2.75, 3.05) is 4.72 Å². The zero-order valence-electron chi connectivity index (χ0n) is 18.4. The minimum Gasteiger partial charge on any atom is -0.346 e. The Hall–Kier alpha value is -3.69. The molecule has 0 atom stereocenters. The third-order valence-electron chi connectivity index (χ3n) is 6.61. The van der Waals surface area contributed by atoms with Crippen LogP contribution in [0.15, 0.2) is 53.7 Å². The summed E-state index contributed by atoms with van der Waals surface area (Å²) in [6.45, 7) is 0. The molecule has 3 aromatic rings. The number of anilines is 1. The number of rotatable bonds is 6. The number of halogens is 6. The number of tetrazole rings is 1. The first-order valence-corrected chi connectivity index (χ1v) is 12.1. The number of carbonyl (C=O) groups is 1. The molecular formula is C21H16F6N6O3S. The highest BCUT2D eigenvalue weighted by Crippen LogP contribution is 2.73. The van der Waals surface area contributed by atoms with Crippen LogP contribution in [0.4, 0.5) is 32.0 Å². The van der Waals surface area contributed by atoms with Crippen LogP contribution in [0, 0.1) is 5.41 Å². The maximum absolute atomic E-state index is 13.3. The lowest BCUT2D eigenvalue weighted by atomic mass is 9.39. The standard InChI is InChI=1S/C21H16F6N6O3S/c22-20(23,24)12-1-6-15(17(34)29-19-8-18(9-19,10-19)21(25,26)27)16(7-12)30-37(35,36)14-4-2-13(3-5-14)33-11-28-31-32-33/h1-7,11,30H,8-10H2,(H,29,34). The fourth-order valence-electron chi connectivity index (χ4n) is 4.79. The average Bonchev–Trinajstić information content (AvgIpc) is 3.28. The topological polar surface area (TPSA) is 119 Å². The summed E-state index contributed by atoms with van der Waals surface area (Å²) < 4.78 is 108. The quantitative estimate of drug-likeness (QED) is 0.456. The van der Waals surface area contributed by atoms with Gasteiger partial charge in [-0.25, -0.2) is 13.1 Å². The van der Waals surface area contributed by atoms with Gasteiger partial charge >= 0.3 is 12.4 Å². The molecule has 3 aliphatic carbocycles. The number of carbonyl (C=O) groups excluding carboxylic acids is 1. The van der Waals surface area contributed by atoms with Crippen LogP contribution in [-0.4, -0.2) is 46.2 Å².